The van der Waals surface area contributed by atoms with Crippen LogP contribution in [-0.2, 0) is 19.7 Å². The van der Waals surface area contributed by atoms with E-state index in [-0.39, 0.29) is 17.1 Å². The van der Waals surface area contributed by atoms with Crippen LogP contribution in [0.1, 0.15) is 49.5 Å². The number of hydrogen-bond donors (Lipinski definition) is 1. The number of nitrogens with one attached hydrogen (secondary N) is 1. The Kier molecular flexibility index (Phi) is 8.61. The Hall–Kier alpha value is -3.00. The second-order valence-corrected chi connectivity index (χ2v) is 10.2. The number of carbonyl (C=O) groups is 3. The monoisotopic (exact) mass is 484 g/mol. The number of thioether (sulfide) groups is 1. The van der Waals surface area contributed by atoms with Gasteiger partial charge in [-0.05, 0) is 48.1 Å². The minimum absolute atomic E-state index is 0.0662. The fourth-order valence-corrected chi connectivity index (χ4v) is 4.57. The molecule has 2 aromatic rings. The van der Waals surface area contributed by atoms with Crippen molar-refractivity contribution in [3.63, 3.8) is 0 Å². The molecule has 0 radical (unpaired) electrons. The lowest BCUT2D eigenvalue weighted by Crippen LogP contribution is -2.29. The number of rotatable bonds is 8. The van der Waals surface area contributed by atoms with Gasteiger partial charge in [-0.15, -0.1) is 11.8 Å². The van der Waals surface area contributed by atoms with Gasteiger partial charge in [0.05, 0.1) is 24.1 Å². The Balaban J connectivity index is 1.59. The Morgan fingerprint density at radius 1 is 1.06 bits per heavy atom. The van der Waals surface area contributed by atoms with Crippen molar-refractivity contribution < 1.29 is 23.9 Å². The van der Waals surface area contributed by atoms with E-state index in [2.05, 4.69) is 26.1 Å². The Morgan fingerprint density at radius 3 is 2.44 bits per heavy atom. The number of likely N-dealkylation sites (tertiary alicyclic amines) is 1. The standard InChI is InChI=1S/C26H32N2O5S/c1-26(2,3)18-11-12-21(32-4)20(15-18)27-23(29)16-33-25(31)19-9-5-6-10-22(19)34-17-24(30)28-13-7-8-14-28/h5-6,9-12,15H,7-8,13-14,16-17H2,1-4H3,(H,27,29). The number of anilines is 1. The molecule has 1 fully saturated rings. The van der Waals surface area contributed by atoms with Gasteiger partial charge < -0.3 is 19.7 Å². The number of esters is 1. The van der Waals surface area contributed by atoms with E-state index in [1.807, 2.05) is 17.0 Å². The van der Waals surface area contributed by atoms with Crippen LogP contribution in [0.4, 0.5) is 5.69 Å². The summed E-state index contributed by atoms with van der Waals surface area (Å²) in [6, 6.07) is 12.6. The number of hydrogen-bond acceptors (Lipinski definition) is 6. The molecule has 34 heavy (non-hydrogen) atoms. The van der Waals surface area contributed by atoms with E-state index in [9.17, 15) is 14.4 Å². The highest BCUT2D eigenvalue weighted by molar-refractivity contribution is 8.00. The van der Waals surface area contributed by atoms with E-state index in [0.717, 1.165) is 31.5 Å². The topological polar surface area (TPSA) is 84.9 Å². The molecule has 8 heteroatoms. The Bertz CT molecular complexity index is 1040. The summed E-state index contributed by atoms with van der Waals surface area (Å²) in [5, 5.41) is 2.77. The zero-order valence-corrected chi connectivity index (χ0v) is 21.0. The molecule has 0 saturated carbocycles. The summed E-state index contributed by atoms with van der Waals surface area (Å²) in [4.78, 5) is 40.1. The zero-order valence-electron chi connectivity index (χ0n) is 20.2. The van der Waals surface area contributed by atoms with Gasteiger partial charge in [0.1, 0.15) is 5.75 Å². The highest BCUT2D eigenvalue weighted by Crippen LogP contribution is 2.31. The SMILES string of the molecule is COc1ccc(C(C)(C)C)cc1NC(=O)COC(=O)c1ccccc1SCC(=O)N1CCCC1. The minimum atomic E-state index is -0.609. The van der Waals surface area contributed by atoms with Gasteiger partial charge in [0.25, 0.3) is 5.91 Å². The number of nitrogens with zero attached hydrogens (tertiary/aromatic N) is 1. The van der Waals surface area contributed by atoms with Crippen molar-refractivity contribution in [1.29, 1.82) is 0 Å². The van der Waals surface area contributed by atoms with Crippen molar-refractivity contribution >= 4 is 35.2 Å². The van der Waals surface area contributed by atoms with Crippen molar-refractivity contribution in [3.8, 4) is 5.75 Å². The Labute approximate surface area is 205 Å². The maximum Gasteiger partial charge on any atom is 0.339 e. The summed E-state index contributed by atoms with van der Waals surface area (Å²) in [7, 11) is 1.53. The fourth-order valence-electron chi connectivity index (χ4n) is 3.63. The van der Waals surface area contributed by atoms with Crippen LogP contribution in [0.25, 0.3) is 0 Å². The molecule has 7 nitrogen and oxygen atoms in total. The quantitative estimate of drug-likeness (QED) is 0.439. The average Bonchev–Trinajstić information content (AvgIpc) is 3.36. The predicted molar refractivity (Wildman–Crippen MR) is 134 cm³/mol. The van der Waals surface area contributed by atoms with Gasteiger partial charge >= 0.3 is 5.97 Å². The number of benzene rings is 2. The first kappa shape index (κ1) is 25.6. The maximum atomic E-state index is 12.7. The van der Waals surface area contributed by atoms with Gasteiger partial charge in [-0.3, -0.25) is 9.59 Å². The Morgan fingerprint density at radius 2 is 1.76 bits per heavy atom. The fraction of sp³-hybridized carbons (Fsp3) is 0.423. The molecule has 1 saturated heterocycles. The minimum Gasteiger partial charge on any atom is -0.495 e. The number of amides is 2. The molecule has 2 amide bonds. The third-order valence-corrected chi connectivity index (χ3v) is 6.65. The summed E-state index contributed by atoms with van der Waals surface area (Å²) in [5.41, 5.74) is 1.79. The summed E-state index contributed by atoms with van der Waals surface area (Å²) in [5.74, 6) is -0.225. The first-order chi connectivity index (χ1) is 16.2. The van der Waals surface area contributed by atoms with E-state index < -0.39 is 18.5 Å². The molecule has 1 aliphatic heterocycles. The van der Waals surface area contributed by atoms with Crippen LogP contribution in [0.2, 0.25) is 0 Å². The van der Waals surface area contributed by atoms with Crippen LogP contribution in [0.15, 0.2) is 47.4 Å². The van der Waals surface area contributed by atoms with Gasteiger partial charge in [0, 0.05) is 18.0 Å². The van der Waals surface area contributed by atoms with Crippen LogP contribution in [0, 0.1) is 0 Å². The molecule has 0 aromatic heterocycles. The highest BCUT2D eigenvalue weighted by Gasteiger charge is 2.21. The van der Waals surface area contributed by atoms with Gasteiger partial charge in [0.15, 0.2) is 6.61 Å². The van der Waals surface area contributed by atoms with Crippen LogP contribution in [0.5, 0.6) is 5.75 Å². The smallest absolute Gasteiger partial charge is 0.339 e. The number of methoxy groups -OCH3 is 1. The van der Waals surface area contributed by atoms with Crippen molar-refractivity contribution in [3.05, 3.63) is 53.6 Å². The van der Waals surface area contributed by atoms with Crippen LogP contribution in [0.3, 0.4) is 0 Å². The molecule has 1 N–H and O–H groups in total. The lowest BCUT2D eigenvalue weighted by Gasteiger charge is -2.21. The number of ether oxygens (including phenoxy) is 2. The second-order valence-electron chi connectivity index (χ2n) is 9.16. The van der Waals surface area contributed by atoms with E-state index in [4.69, 9.17) is 9.47 Å². The molecular formula is C26H32N2O5S. The molecule has 0 bridgehead atoms. The van der Waals surface area contributed by atoms with E-state index >= 15 is 0 Å². The molecular weight excluding hydrogens is 452 g/mol. The van der Waals surface area contributed by atoms with Crippen molar-refractivity contribution in [2.75, 3.05) is 37.9 Å². The molecule has 0 unspecified atom stereocenters. The highest BCUT2D eigenvalue weighted by atomic mass is 32.2. The largest absolute Gasteiger partial charge is 0.495 e. The van der Waals surface area contributed by atoms with Gasteiger partial charge in [-0.1, -0.05) is 39.0 Å². The van der Waals surface area contributed by atoms with Crippen molar-refractivity contribution in [1.82, 2.24) is 4.90 Å². The molecule has 3 rings (SSSR count). The first-order valence-electron chi connectivity index (χ1n) is 11.3. The van der Waals surface area contributed by atoms with Gasteiger partial charge in [-0.25, -0.2) is 4.79 Å². The van der Waals surface area contributed by atoms with E-state index in [1.54, 1.807) is 30.3 Å². The summed E-state index contributed by atoms with van der Waals surface area (Å²) in [6.45, 7) is 7.39. The molecule has 0 aliphatic carbocycles. The average molecular weight is 485 g/mol. The molecule has 0 spiro atoms. The molecule has 182 valence electrons. The summed E-state index contributed by atoms with van der Waals surface area (Å²) >= 11 is 1.31. The van der Waals surface area contributed by atoms with Crippen LogP contribution in [-0.4, -0.2) is 55.2 Å². The van der Waals surface area contributed by atoms with E-state index in [0.29, 0.717) is 21.9 Å². The van der Waals surface area contributed by atoms with Crippen molar-refractivity contribution in [2.45, 2.75) is 43.9 Å². The van der Waals surface area contributed by atoms with Crippen LogP contribution < -0.4 is 10.1 Å². The van der Waals surface area contributed by atoms with Crippen molar-refractivity contribution in [2.24, 2.45) is 0 Å². The molecule has 1 heterocycles. The summed E-state index contributed by atoms with van der Waals surface area (Å²) < 4.78 is 10.6. The predicted octanol–water partition coefficient (Wildman–Crippen LogP) is 4.50. The third-order valence-electron chi connectivity index (χ3n) is 5.59. The van der Waals surface area contributed by atoms with E-state index in [1.165, 1.54) is 18.9 Å². The van der Waals surface area contributed by atoms with Gasteiger partial charge in [0.2, 0.25) is 5.91 Å². The lowest BCUT2D eigenvalue weighted by atomic mass is 9.87. The van der Waals surface area contributed by atoms with Gasteiger partial charge in [-0.2, -0.15) is 0 Å². The molecule has 0 atom stereocenters. The first-order valence-corrected chi connectivity index (χ1v) is 12.3. The lowest BCUT2D eigenvalue weighted by molar-refractivity contribution is -0.127. The normalized spacial score (nSPS) is 13.5. The van der Waals surface area contributed by atoms with Crippen LogP contribution >= 0.6 is 11.8 Å². The molecule has 2 aromatic carbocycles. The molecule has 1 aliphatic rings. The third kappa shape index (κ3) is 6.76. The maximum absolute atomic E-state index is 12.7. The zero-order chi connectivity index (χ0) is 24.7. The second kappa shape index (κ2) is 11.4. The number of carbonyl (C=O) groups excluding carboxylic acids is 3. The summed E-state index contributed by atoms with van der Waals surface area (Å²) in [6.07, 6.45) is 2.07.